The molecule has 0 saturated carbocycles. The van der Waals surface area contributed by atoms with Crippen LogP contribution in [0.1, 0.15) is 29.0 Å². The number of carboxylic acid groups (broad SMARTS) is 1. The van der Waals surface area contributed by atoms with Gasteiger partial charge in [0.2, 0.25) is 5.91 Å². The predicted molar refractivity (Wildman–Crippen MR) is 192 cm³/mol. The maximum atomic E-state index is 13.9. The molecule has 4 N–H and O–H groups in total. The molecule has 5 aromatic carbocycles. The monoisotopic (exact) mass is 655 g/mol. The lowest BCUT2D eigenvalue weighted by Gasteiger charge is -2.31. The minimum absolute atomic E-state index is 0.0338. The number of morpholine rings is 1. The van der Waals surface area contributed by atoms with Gasteiger partial charge in [0, 0.05) is 24.7 Å². The summed E-state index contributed by atoms with van der Waals surface area (Å²) in [5, 5.41) is 18.8. The summed E-state index contributed by atoms with van der Waals surface area (Å²) < 4.78 is 12.5. The van der Waals surface area contributed by atoms with Crippen molar-refractivity contribution in [3.8, 4) is 16.9 Å². The Morgan fingerprint density at radius 1 is 0.735 bits per heavy atom. The summed E-state index contributed by atoms with van der Waals surface area (Å²) in [6, 6.07) is 43.9. The van der Waals surface area contributed by atoms with Gasteiger partial charge in [-0.15, -0.1) is 0 Å². The quantitative estimate of drug-likeness (QED) is 0.108. The Kier molecular flexibility index (Phi) is 11.3. The highest BCUT2D eigenvalue weighted by Gasteiger charge is 2.33. The Morgan fingerprint density at radius 3 is 1.96 bits per heavy atom. The van der Waals surface area contributed by atoms with Crippen molar-refractivity contribution in [3.63, 3.8) is 0 Å². The smallest absolute Gasteiger partial charge is 0.405 e. The third-order valence-corrected chi connectivity index (χ3v) is 8.75. The van der Waals surface area contributed by atoms with Crippen molar-refractivity contribution in [3.05, 3.63) is 156 Å². The van der Waals surface area contributed by atoms with E-state index >= 15 is 0 Å². The third-order valence-electron chi connectivity index (χ3n) is 8.75. The number of hydrogen-bond donors (Lipinski definition) is 4. The van der Waals surface area contributed by atoms with Crippen molar-refractivity contribution >= 4 is 17.7 Å². The molecule has 1 heterocycles. The van der Waals surface area contributed by atoms with Gasteiger partial charge in [-0.1, -0.05) is 121 Å². The van der Waals surface area contributed by atoms with E-state index < -0.39 is 24.0 Å². The number of aryl methyl sites for hydroxylation is 1. The van der Waals surface area contributed by atoms with E-state index in [1.807, 2.05) is 115 Å². The molecule has 1 saturated heterocycles. The number of anilines is 1. The summed E-state index contributed by atoms with van der Waals surface area (Å²) in [7, 11) is 0. The number of amides is 2. The van der Waals surface area contributed by atoms with Crippen LogP contribution in [0.5, 0.6) is 5.75 Å². The van der Waals surface area contributed by atoms with Gasteiger partial charge in [-0.05, 0) is 58.9 Å². The van der Waals surface area contributed by atoms with Gasteiger partial charge < -0.3 is 30.5 Å². The normalized spacial score (nSPS) is 16.4. The second-order valence-corrected chi connectivity index (χ2v) is 12.2. The molecular formula is C41H41N3O5. The van der Waals surface area contributed by atoms with Crippen molar-refractivity contribution in [1.29, 1.82) is 0 Å². The van der Waals surface area contributed by atoms with Crippen LogP contribution < -0.4 is 20.7 Å². The topological polar surface area (TPSA) is 109 Å². The van der Waals surface area contributed by atoms with E-state index in [1.165, 1.54) is 0 Å². The average Bonchev–Trinajstić information content (AvgIpc) is 3.15. The number of rotatable bonds is 13. The molecule has 1 aliphatic heterocycles. The van der Waals surface area contributed by atoms with E-state index in [2.05, 4.69) is 40.2 Å². The van der Waals surface area contributed by atoms with Gasteiger partial charge in [-0.2, -0.15) is 0 Å². The molecule has 1 unspecified atom stereocenters. The zero-order valence-corrected chi connectivity index (χ0v) is 27.2. The Bertz CT molecular complexity index is 1750. The molecular weight excluding hydrogens is 614 g/mol. The van der Waals surface area contributed by atoms with E-state index in [1.54, 1.807) is 0 Å². The van der Waals surface area contributed by atoms with Crippen LogP contribution in [-0.4, -0.2) is 55.1 Å². The number of carbonyl (C=O) groups excluding carboxylic acids is 1. The molecule has 0 aliphatic carbocycles. The Morgan fingerprint density at radius 2 is 1.31 bits per heavy atom. The van der Waals surface area contributed by atoms with Gasteiger partial charge in [0.1, 0.15) is 24.5 Å². The van der Waals surface area contributed by atoms with Crippen LogP contribution in [0.2, 0.25) is 0 Å². The van der Waals surface area contributed by atoms with Crippen LogP contribution in [0.3, 0.4) is 0 Å². The summed E-state index contributed by atoms with van der Waals surface area (Å²) >= 11 is 0. The predicted octanol–water partition coefficient (Wildman–Crippen LogP) is 7.13. The lowest BCUT2D eigenvalue weighted by atomic mass is 9.84. The van der Waals surface area contributed by atoms with Crippen LogP contribution in [0, 0.1) is 0 Å². The molecule has 2 amide bonds. The third kappa shape index (κ3) is 9.13. The highest BCUT2D eigenvalue weighted by molar-refractivity contribution is 5.98. The summed E-state index contributed by atoms with van der Waals surface area (Å²) in [6.45, 7) is 1.85. The number of ether oxygens (including phenoxy) is 2. The molecule has 0 radical (unpaired) electrons. The Hall–Kier alpha value is -5.44. The fourth-order valence-corrected chi connectivity index (χ4v) is 6.32. The standard InChI is InChI=1S/C41H41N3O5/c45-40(39(44-41(46)47)38(32-15-6-2-7-16-32)33-17-8-3-9-18-33)43-37-19-11-10-14-31(37)22-25-35-26-42-27-36(49-35)28-48-34-23-20-30(21-24-34)29-12-4-1-5-13-29/h1-21,23-24,35-36,38-39,42,44H,22,25-28H2,(H,43,45)(H,46,47)/t35-,36+,39?/m1/s1. The highest BCUT2D eigenvalue weighted by atomic mass is 16.5. The Balaban J connectivity index is 1.08. The lowest BCUT2D eigenvalue weighted by molar-refractivity contribution is -0.118. The summed E-state index contributed by atoms with van der Waals surface area (Å²) in [5.74, 6) is -0.169. The zero-order valence-electron chi connectivity index (χ0n) is 27.2. The second-order valence-electron chi connectivity index (χ2n) is 12.2. The number of nitrogens with one attached hydrogen (secondary N) is 3. The van der Waals surface area contributed by atoms with E-state index in [9.17, 15) is 14.7 Å². The summed E-state index contributed by atoms with van der Waals surface area (Å²) in [5.41, 5.74) is 5.56. The first-order chi connectivity index (χ1) is 24.0. The van der Waals surface area contributed by atoms with Gasteiger partial charge in [0.25, 0.3) is 0 Å². The lowest BCUT2D eigenvalue weighted by Crippen LogP contribution is -2.47. The van der Waals surface area contributed by atoms with Crippen molar-refractivity contribution < 1.29 is 24.2 Å². The first-order valence-electron chi connectivity index (χ1n) is 16.7. The largest absolute Gasteiger partial charge is 0.491 e. The van der Waals surface area contributed by atoms with Gasteiger partial charge in [0.05, 0.1) is 6.10 Å². The fraction of sp³-hybridized carbons (Fsp3) is 0.220. The molecule has 250 valence electrons. The van der Waals surface area contributed by atoms with Crippen molar-refractivity contribution in [2.75, 3.05) is 25.0 Å². The first kappa shape index (κ1) is 33.5. The fourth-order valence-electron chi connectivity index (χ4n) is 6.32. The summed E-state index contributed by atoms with van der Waals surface area (Å²) in [4.78, 5) is 25.9. The number of hydrogen-bond acceptors (Lipinski definition) is 5. The molecule has 0 bridgehead atoms. The SMILES string of the molecule is O=C(O)NC(C(=O)Nc1ccccc1CC[C@@H]1CNC[C@@H](COc2ccc(-c3ccccc3)cc2)O1)C(c1ccccc1)c1ccccc1. The van der Waals surface area contributed by atoms with Gasteiger partial charge in [-0.3, -0.25) is 4.79 Å². The minimum atomic E-state index is -1.27. The van der Waals surface area contributed by atoms with Gasteiger partial charge >= 0.3 is 6.09 Å². The molecule has 0 spiro atoms. The zero-order chi connectivity index (χ0) is 33.8. The molecule has 8 heteroatoms. The van der Waals surface area contributed by atoms with Crippen LogP contribution in [-0.2, 0) is 16.0 Å². The minimum Gasteiger partial charge on any atom is -0.491 e. The van der Waals surface area contributed by atoms with E-state index in [-0.39, 0.29) is 12.2 Å². The Labute approximate surface area is 287 Å². The van der Waals surface area contributed by atoms with Crippen LogP contribution in [0.25, 0.3) is 11.1 Å². The van der Waals surface area contributed by atoms with Gasteiger partial charge in [-0.25, -0.2) is 4.79 Å². The maximum Gasteiger partial charge on any atom is 0.405 e. The molecule has 3 atom stereocenters. The second kappa shape index (κ2) is 16.6. The average molecular weight is 656 g/mol. The van der Waals surface area contributed by atoms with E-state index in [0.717, 1.165) is 46.5 Å². The molecule has 0 aromatic heterocycles. The molecule has 1 aliphatic rings. The van der Waals surface area contributed by atoms with Crippen LogP contribution in [0.15, 0.2) is 140 Å². The van der Waals surface area contributed by atoms with E-state index in [0.29, 0.717) is 25.3 Å². The molecule has 49 heavy (non-hydrogen) atoms. The molecule has 6 rings (SSSR count). The summed E-state index contributed by atoms with van der Waals surface area (Å²) in [6.07, 6.45) is -0.00753. The first-order valence-corrected chi connectivity index (χ1v) is 16.7. The van der Waals surface area contributed by atoms with Crippen LogP contribution >= 0.6 is 0 Å². The molecule has 1 fully saturated rings. The molecule has 5 aromatic rings. The molecule has 8 nitrogen and oxygen atoms in total. The number of carbonyl (C=O) groups is 2. The maximum absolute atomic E-state index is 13.9. The van der Waals surface area contributed by atoms with Crippen molar-refractivity contribution in [2.24, 2.45) is 0 Å². The van der Waals surface area contributed by atoms with E-state index in [4.69, 9.17) is 9.47 Å². The van der Waals surface area contributed by atoms with Crippen molar-refractivity contribution in [2.45, 2.75) is 37.0 Å². The van der Waals surface area contributed by atoms with Gasteiger partial charge in [0.15, 0.2) is 0 Å². The highest BCUT2D eigenvalue weighted by Crippen LogP contribution is 2.30. The number of benzene rings is 5. The van der Waals surface area contributed by atoms with Crippen LogP contribution in [0.4, 0.5) is 10.5 Å². The van der Waals surface area contributed by atoms with Crippen molar-refractivity contribution in [1.82, 2.24) is 10.6 Å². The number of para-hydroxylation sites is 1.